The van der Waals surface area contributed by atoms with Gasteiger partial charge in [0.15, 0.2) is 19.0 Å². The predicted molar refractivity (Wildman–Crippen MR) is 140 cm³/mol. The normalized spacial score (nSPS) is 16.9. The van der Waals surface area contributed by atoms with Crippen molar-refractivity contribution in [3.8, 4) is 11.5 Å². The Kier molecular flexibility index (Phi) is 8.99. The summed E-state index contributed by atoms with van der Waals surface area (Å²) in [6.45, 7) is 4.36. The molecule has 2 amide bonds. The zero-order chi connectivity index (χ0) is 27.1. The number of carbonyl (C=O) groups is 4. The first-order valence-corrected chi connectivity index (χ1v) is 13.2. The van der Waals surface area contributed by atoms with Crippen LogP contribution in [0.4, 0.5) is 5.69 Å². The van der Waals surface area contributed by atoms with Crippen LogP contribution in [0.1, 0.15) is 49.0 Å². The van der Waals surface area contributed by atoms with Crippen LogP contribution in [0, 0.1) is 5.92 Å². The van der Waals surface area contributed by atoms with Gasteiger partial charge in [0.05, 0.1) is 18.2 Å². The fourth-order valence-electron chi connectivity index (χ4n) is 4.71. The number of ketones is 1. The van der Waals surface area contributed by atoms with Crippen molar-refractivity contribution in [1.29, 1.82) is 0 Å². The number of rotatable bonds is 10. The minimum absolute atomic E-state index is 0.164. The van der Waals surface area contributed by atoms with Gasteiger partial charge in [0, 0.05) is 18.7 Å². The number of anilines is 1. The van der Waals surface area contributed by atoms with Gasteiger partial charge in [-0.05, 0) is 62.1 Å². The lowest BCUT2D eigenvalue weighted by Crippen LogP contribution is -2.49. The topological polar surface area (TPSA) is 102 Å². The third kappa shape index (κ3) is 6.51. The van der Waals surface area contributed by atoms with Crippen molar-refractivity contribution in [3.63, 3.8) is 0 Å². The summed E-state index contributed by atoms with van der Waals surface area (Å²) in [4.78, 5) is 53.9. The monoisotopic (exact) mass is 522 g/mol. The molecule has 4 rings (SSSR count). The third-order valence-corrected chi connectivity index (χ3v) is 6.74. The highest BCUT2D eigenvalue weighted by Gasteiger charge is 2.33. The quantitative estimate of drug-likeness (QED) is 0.348. The van der Waals surface area contributed by atoms with Crippen LogP contribution in [0.15, 0.2) is 42.5 Å². The number of nitrogens with zero attached hydrogens (tertiary/aromatic N) is 2. The van der Waals surface area contributed by atoms with Crippen LogP contribution in [-0.2, 0) is 25.5 Å². The molecule has 2 aliphatic heterocycles. The number of hydrogen-bond acceptors (Lipinski definition) is 7. The lowest BCUT2D eigenvalue weighted by molar-refractivity contribution is -0.151. The molecule has 202 valence electrons. The largest absolute Gasteiger partial charge is 0.485 e. The molecule has 0 aromatic heterocycles. The second-order valence-corrected chi connectivity index (χ2v) is 9.49. The smallest absolute Gasteiger partial charge is 0.310 e. The number of fused-ring (bicyclic) bond motifs is 1. The molecule has 1 unspecified atom stereocenters. The highest BCUT2D eigenvalue weighted by atomic mass is 16.5. The van der Waals surface area contributed by atoms with E-state index in [0.29, 0.717) is 48.7 Å². The van der Waals surface area contributed by atoms with Crippen molar-refractivity contribution in [2.24, 2.45) is 5.92 Å². The first-order chi connectivity index (χ1) is 18.4. The average Bonchev–Trinajstić information content (AvgIpc) is 2.94. The van der Waals surface area contributed by atoms with E-state index >= 15 is 0 Å². The zero-order valence-corrected chi connectivity index (χ0v) is 21.9. The summed E-state index contributed by atoms with van der Waals surface area (Å²) in [5, 5.41) is 0. The maximum Gasteiger partial charge on any atom is 0.310 e. The minimum atomic E-state index is -0.377. The summed E-state index contributed by atoms with van der Waals surface area (Å²) in [5.41, 5.74) is 1.92. The Morgan fingerprint density at radius 3 is 2.61 bits per heavy atom. The molecule has 9 heteroatoms. The van der Waals surface area contributed by atoms with Crippen molar-refractivity contribution < 1.29 is 33.4 Å². The van der Waals surface area contributed by atoms with Gasteiger partial charge >= 0.3 is 5.97 Å². The number of Topliss-reactive ketones (excluding diaryl/α,β-unsaturated/α-hetero) is 1. The van der Waals surface area contributed by atoms with E-state index in [9.17, 15) is 19.2 Å². The summed E-state index contributed by atoms with van der Waals surface area (Å²) in [7, 11) is 0. The first-order valence-electron chi connectivity index (χ1n) is 13.2. The Morgan fingerprint density at radius 1 is 1.08 bits per heavy atom. The number of benzene rings is 2. The van der Waals surface area contributed by atoms with Crippen molar-refractivity contribution in [2.45, 2.75) is 39.5 Å². The van der Waals surface area contributed by atoms with E-state index < -0.39 is 0 Å². The Bertz CT molecular complexity index is 1180. The van der Waals surface area contributed by atoms with Gasteiger partial charge < -0.3 is 19.1 Å². The second-order valence-electron chi connectivity index (χ2n) is 9.49. The molecule has 2 aliphatic rings. The number of likely N-dealkylation sites (tertiary alicyclic amines) is 1. The summed E-state index contributed by atoms with van der Waals surface area (Å²) < 4.78 is 16.3. The number of hydrogen-bond donors (Lipinski definition) is 0. The third-order valence-electron chi connectivity index (χ3n) is 6.74. The standard InChI is InChI=1S/C29H34N2O7/c1-3-6-20-8-11-23(12-9-20)37-18-25(32)21-10-13-26-24(15-21)31(28(34)19-38-26)17-27(33)30-14-5-7-22(16-30)29(35)36-4-2/h8-13,15,22H,3-7,14,16-19H2,1-2H3. The van der Waals surface area contributed by atoms with Crippen LogP contribution in [0.2, 0.25) is 0 Å². The molecule has 0 spiro atoms. The van der Waals surface area contributed by atoms with Crippen LogP contribution in [0.3, 0.4) is 0 Å². The number of amides is 2. The summed E-state index contributed by atoms with van der Waals surface area (Å²) in [5.74, 6) is -0.561. The molecule has 1 fully saturated rings. The molecule has 2 aromatic rings. The number of aryl methyl sites for hydroxylation is 1. The van der Waals surface area contributed by atoms with Gasteiger partial charge in [-0.15, -0.1) is 0 Å². The van der Waals surface area contributed by atoms with E-state index in [1.807, 2.05) is 24.3 Å². The maximum atomic E-state index is 13.1. The molecular weight excluding hydrogens is 488 g/mol. The van der Waals surface area contributed by atoms with Gasteiger partial charge in [-0.25, -0.2) is 0 Å². The zero-order valence-electron chi connectivity index (χ0n) is 21.9. The van der Waals surface area contributed by atoms with E-state index in [2.05, 4.69) is 6.92 Å². The van der Waals surface area contributed by atoms with Gasteiger partial charge in [-0.1, -0.05) is 25.5 Å². The van der Waals surface area contributed by atoms with Crippen LogP contribution in [0.25, 0.3) is 0 Å². The number of ether oxygens (including phenoxy) is 3. The Morgan fingerprint density at radius 2 is 1.87 bits per heavy atom. The molecule has 0 bridgehead atoms. The van der Waals surface area contributed by atoms with Crippen LogP contribution >= 0.6 is 0 Å². The van der Waals surface area contributed by atoms with Gasteiger partial charge in [-0.2, -0.15) is 0 Å². The fraction of sp³-hybridized carbons (Fsp3) is 0.448. The lowest BCUT2D eigenvalue weighted by atomic mass is 9.98. The molecule has 1 atom stereocenters. The SMILES string of the molecule is CCCc1ccc(OCC(=O)c2ccc3c(c2)N(CC(=O)N2CCCC(C(=O)OCC)C2)C(=O)CO3)cc1. The number of piperidine rings is 1. The van der Waals surface area contributed by atoms with Gasteiger partial charge in [0.1, 0.15) is 18.0 Å². The van der Waals surface area contributed by atoms with Crippen LogP contribution in [0.5, 0.6) is 11.5 Å². The van der Waals surface area contributed by atoms with Gasteiger partial charge in [0.25, 0.3) is 5.91 Å². The van der Waals surface area contributed by atoms with E-state index in [1.165, 1.54) is 10.5 Å². The Balaban J connectivity index is 1.42. The van der Waals surface area contributed by atoms with E-state index in [1.54, 1.807) is 30.0 Å². The highest BCUT2D eigenvalue weighted by molar-refractivity contribution is 6.04. The average molecular weight is 523 g/mol. The maximum absolute atomic E-state index is 13.1. The Hall–Kier alpha value is -3.88. The summed E-state index contributed by atoms with van der Waals surface area (Å²) in [6, 6.07) is 12.5. The molecule has 1 saturated heterocycles. The van der Waals surface area contributed by atoms with Gasteiger partial charge in [-0.3, -0.25) is 24.1 Å². The van der Waals surface area contributed by atoms with Crippen molar-refractivity contribution >= 4 is 29.3 Å². The molecule has 0 saturated carbocycles. The van der Waals surface area contributed by atoms with E-state index in [4.69, 9.17) is 14.2 Å². The second kappa shape index (κ2) is 12.6. The molecule has 0 aliphatic carbocycles. The van der Waals surface area contributed by atoms with Crippen molar-refractivity contribution in [3.05, 3.63) is 53.6 Å². The van der Waals surface area contributed by atoms with Crippen molar-refractivity contribution in [2.75, 3.05) is 44.4 Å². The first kappa shape index (κ1) is 27.2. The molecule has 2 heterocycles. The van der Waals surface area contributed by atoms with Crippen LogP contribution < -0.4 is 14.4 Å². The molecule has 0 N–H and O–H groups in total. The molecular formula is C29H34N2O7. The lowest BCUT2D eigenvalue weighted by Gasteiger charge is -2.34. The summed E-state index contributed by atoms with van der Waals surface area (Å²) >= 11 is 0. The van der Waals surface area contributed by atoms with Crippen molar-refractivity contribution in [1.82, 2.24) is 4.90 Å². The Labute approximate surface area is 222 Å². The number of esters is 1. The molecule has 38 heavy (non-hydrogen) atoms. The molecule has 2 aromatic carbocycles. The highest BCUT2D eigenvalue weighted by Crippen LogP contribution is 2.33. The molecule has 0 radical (unpaired) electrons. The number of carbonyl (C=O) groups excluding carboxylic acids is 4. The predicted octanol–water partition coefficient (Wildman–Crippen LogP) is 3.43. The minimum Gasteiger partial charge on any atom is -0.485 e. The van der Waals surface area contributed by atoms with E-state index in [-0.39, 0.29) is 55.8 Å². The molecule has 9 nitrogen and oxygen atoms in total. The summed E-state index contributed by atoms with van der Waals surface area (Å²) in [6.07, 6.45) is 3.39. The van der Waals surface area contributed by atoms with Gasteiger partial charge in [0.2, 0.25) is 5.91 Å². The van der Waals surface area contributed by atoms with E-state index in [0.717, 1.165) is 12.8 Å². The van der Waals surface area contributed by atoms with Crippen LogP contribution in [-0.4, -0.2) is 67.9 Å². The fourth-order valence-corrected chi connectivity index (χ4v) is 4.71.